The minimum absolute atomic E-state index is 0.103. The third kappa shape index (κ3) is 3.38. The molecule has 1 aliphatic heterocycles. The number of amides is 2. The van der Waals surface area contributed by atoms with Crippen molar-refractivity contribution < 1.29 is 9.59 Å². The van der Waals surface area contributed by atoms with Crippen LogP contribution < -0.4 is 5.32 Å². The Hall–Kier alpha value is -3.15. The van der Waals surface area contributed by atoms with E-state index in [0.717, 1.165) is 37.9 Å². The molecule has 2 aromatic heterocycles. The molecule has 6 heteroatoms. The Morgan fingerprint density at radius 3 is 2.54 bits per heavy atom. The molecule has 3 heterocycles. The van der Waals surface area contributed by atoms with Gasteiger partial charge in [0.05, 0.1) is 5.52 Å². The van der Waals surface area contributed by atoms with Crippen LogP contribution in [0.15, 0.2) is 42.6 Å². The van der Waals surface area contributed by atoms with Gasteiger partial charge in [0.15, 0.2) is 5.69 Å². The van der Waals surface area contributed by atoms with Gasteiger partial charge in [-0.1, -0.05) is 12.1 Å². The predicted octanol–water partition coefficient (Wildman–Crippen LogP) is 3.83. The number of imidazole rings is 1. The number of piperidine rings is 1. The zero-order valence-corrected chi connectivity index (χ0v) is 16.2. The second-order valence-corrected chi connectivity index (χ2v) is 7.35. The molecule has 1 saturated heterocycles. The number of rotatable bonds is 3. The summed E-state index contributed by atoms with van der Waals surface area (Å²) in [5.74, 6) is -0.218. The number of pyridine rings is 1. The number of likely N-dealkylation sites (tertiary alicyclic amines) is 1. The number of nitrogens with one attached hydrogen (secondary N) is 1. The van der Waals surface area contributed by atoms with Crippen molar-refractivity contribution in [2.24, 2.45) is 0 Å². The van der Waals surface area contributed by atoms with Gasteiger partial charge >= 0.3 is 0 Å². The molecule has 1 aromatic carbocycles. The van der Waals surface area contributed by atoms with Gasteiger partial charge in [-0.2, -0.15) is 0 Å². The summed E-state index contributed by atoms with van der Waals surface area (Å²) in [4.78, 5) is 32.2. The molecule has 28 heavy (non-hydrogen) atoms. The van der Waals surface area contributed by atoms with E-state index in [1.807, 2.05) is 55.1 Å². The largest absolute Gasteiger partial charge is 0.337 e. The first kappa shape index (κ1) is 18.2. The van der Waals surface area contributed by atoms with Gasteiger partial charge in [0, 0.05) is 25.0 Å². The van der Waals surface area contributed by atoms with Crippen LogP contribution in [0.25, 0.3) is 5.52 Å². The summed E-state index contributed by atoms with van der Waals surface area (Å²) in [6.45, 7) is 5.52. The van der Waals surface area contributed by atoms with Crippen LogP contribution >= 0.6 is 0 Å². The Morgan fingerprint density at radius 1 is 1.00 bits per heavy atom. The van der Waals surface area contributed by atoms with Crippen LogP contribution in [0.5, 0.6) is 0 Å². The fraction of sp³-hybridized carbons (Fsp3) is 0.318. The van der Waals surface area contributed by atoms with E-state index in [2.05, 4.69) is 10.3 Å². The van der Waals surface area contributed by atoms with E-state index in [-0.39, 0.29) is 17.6 Å². The number of benzene rings is 1. The van der Waals surface area contributed by atoms with Gasteiger partial charge in [-0.15, -0.1) is 0 Å². The molecule has 0 unspecified atom stereocenters. The Labute approximate surface area is 164 Å². The van der Waals surface area contributed by atoms with Crippen molar-refractivity contribution in [1.29, 1.82) is 0 Å². The quantitative estimate of drug-likeness (QED) is 0.755. The van der Waals surface area contributed by atoms with Gasteiger partial charge in [-0.25, -0.2) is 4.98 Å². The number of carbonyl (C=O) groups is 2. The van der Waals surface area contributed by atoms with Crippen LogP contribution in [-0.4, -0.2) is 39.2 Å². The van der Waals surface area contributed by atoms with Crippen molar-refractivity contribution in [2.75, 3.05) is 18.4 Å². The molecule has 2 amide bonds. The molecule has 0 spiro atoms. The van der Waals surface area contributed by atoms with Crippen molar-refractivity contribution in [3.05, 3.63) is 65.2 Å². The molecule has 0 saturated carbocycles. The molecule has 0 radical (unpaired) electrons. The molecule has 6 nitrogen and oxygen atoms in total. The predicted molar refractivity (Wildman–Crippen MR) is 109 cm³/mol. The minimum Gasteiger partial charge on any atom is -0.337 e. The monoisotopic (exact) mass is 376 g/mol. The van der Waals surface area contributed by atoms with E-state index < -0.39 is 0 Å². The maximum absolute atomic E-state index is 13.0. The molecule has 0 aliphatic carbocycles. The van der Waals surface area contributed by atoms with E-state index in [4.69, 9.17) is 0 Å². The number of hydrogen-bond acceptors (Lipinski definition) is 3. The second-order valence-electron chi connectivity index (χ2n) is 7.35. The van der Waals surface area contributed by atoms with Crippen LogP contribution in [0.4, 0.5) is 5.69 Å². The van der Waals surface area contributed by atoms with Crippen molar-refractivity contribution >= 4 is 23.0 Å². The molecule has 0 atom stereocenters. The van der Waals surface area contributed by atoms with Crippen molar-refractivity contribution in [1.82, 2.24) is 14.3 Å². The highest BCUT2D eigenvalue weighted by molar-refractivity contribution is 6.06. The molecule has 0 bridgehead atoms. The average molecular weight is 376 g/mol. The van der Waals surface area contributed by atoms with Gasteiger partial charge in [0.25, 0.3) is 11.8 Å². The van der Waals surface area contributed by atoms with E-state index >= 15 is 0 Å². The van der Waals surface area contributed by atoms with Gasteiger partial charge in [-0.3, -0.25) is 14.0 Å². The van der Waals surface area contributed by atoms with Crippen LogP contribution in [0.1, 0.15) is 51.5 Å². The minimum atomic E-state index is -0.331. The lowest BCUT2D eigenvalue weighted by molar-refractivity contribution is 0.0721. The summed E-state index contributed by atoms with van der Waals surface area (Å²) in [5, 5.41) is 2.90. The first-order chi connectivity index (χ1) is 13.5. The van der Waals surface area contributed by atoms with E-state index in [1.165, 1.54) is 5.56 Å². The molecular weight excluding hydrogens is 352 g/mol. The van der Waals surface area contributed by atoms with Crippen LogP contribution in [0.3, 0.4) is 0 Å². The molecular formula is C22H24N4O2. The summed E-state index contributed by atoms with van der Waals surface area (Å²) in [5.41, 5.74) is 3.98. The zero-order valence-electron chi connectivity index (χ0n) is 16.2. The number of fused-ring (bicyclic) bond motifs is 1. The number of aromatic nitrogens is 2. The third-order valence-electron chi connectivity index (χ3n) is 5.36. The fourth-order valence-electron chi connectivity index (χ4n) is 3.61. The second kappa shape index (κ2) is 7.46. The first-order valence-electron chi connectivity index (χ1n) is 9.69. The van der Waals surface area contributed by atoms with Gasteiger partial charge < -0.3 is 10.2 Å². The number of anilines is 1. The Bertz CT molecular complexity index is 1050. The maximum Gasteiger partial charge on any atom is 0.292 e. The average Bonchev–Trinajstić information content (AvgIpc) is 3.11. The van der Waals surface area contributed by atoms with Gasteiger partial charge in [0.2, 0.25) is 5.82 Å². The van der Waals surface area contributed by atoms with Crippen molar-refractivity contribution in [3.8, 4) is 0 Å². The summed E-state index contributed by atoms with van der Waals surface area (Å²) < 4.78 is 1.69. The van der Waals surface area contributed by atoms with Crippen LogP contribution in [0, 0.1) is 13.8 Å². The molecule has 4 rings (SSSR count). The zero-order chi connectivity index (χ0) is 19.7. The van der Waals surface area contributed by atoms with E-state index in [1.54, 1.807) is 10.6 Å². The molecule has 144 valence electrons. The van der Waals surface area contributed by atoms with Crippen molar-refractivity contribution in [2.45, 2.75) is 33.1 Å². The van der Waals surface area contributed by atoms with E-state index in [9.17, 15) is 9.59 Å². The lowest BCUT2D eigenvalue weighted by Gasteiger charge is -2.25. The number of aryl methyl sites for hydroxylation is 2. The smallest absolute Gasteiger partial charge is 0.292 e. The summed E-state index contributed by atoms with van der Waals surface area (Å²) in [6.07, 6.45) is 4.94. The summed E-state index contributed by atoms with van der Waals surface area (Å²) in [7, 11) is 0. The highest BCUT2D eigenvalue weighted by Crippen LogP contribution is 2.20. The van der Waals surface area contributed by atoms with E-state index in [0.29, 0.717) is 16.9 Å². The van der Waals surface area contributed by atoms with Crippen LogP contribution in [-0.2, 0) is 0 Å². The highest BCUT2D eigenvalue weighted by atomic mass is 16.2. The Morgan fingerprint density at radius 2 is 1.79 bits per heavy atom. The molecule has 1 fully saturated rings. The number of hydrogen-bond donors (Lipinski definition) is 1. The molecule has 3 aromatic rings. The third-order valence-corrected chi connectivity index (χ3v) is 5.36. The lowest BCUT2D eigenvalue weighted by atomic mass is 10.1. The standard InChI is InChI=1S/C22H24N4O2/c1-15-9-10-17(14-16(15)2)23-21(27)20-24-19(18-8-4-7-13-26(18)20)22(28)25-11-5-3-6-12-25/h4,7-10,13-14H,3,5-6,11-12H2,1-2H3,(H,23,27). The first-order valence-corrected chi connectivity index (χ1v) is 9.69. The Kier molecular flexibility index (Phi) is 4.86. The Balaban J connectivity index is 1.68. The maximum atomic E-state index is 13.0. The summed E-state index contributed by atoms with van der Waals surface area (Å²) >= 11 is 0. The van der Waals surface area contributed by atoms with Gasteiger partial charge in [0.1, 0.15) is 0 Å². The van der Waals surface area contributed by atoms with Crippen molar-refractivity contribution in [3.63, 3.8) is 0 Å². The fourth-order valence-corrected chi connectivity index (χ4v) is 3.61. The number of nitrogens with zero attached hydrogens (tertiary/aromatic N) is 3. The molecule has 1 aliphatic rings. The van der Waals surface area contributed by atoms with Crippen LogP contribution in [0.2, 0.25) is 0 Å². The normalized spacial score (nSPS) is 14.3. The number of carbonyl (C=O) groups excluding carboxylic acids is 2. The topological polar surface area (TPSA) is 66.7 Å². The highest BCUT2D eigenvalue weighted by Gasteiger charge is 2.26. The summed E-state index contributed by atoms with van der Waals surface area (Å²) in [6, 6.07) is 11.3. The van der Waals surface area contributed by atoms with Gasteiger partial charge in [-0.05, 0) is 68.5 Å². The SMILES string of the molecule is Cc1ccc(NC(=O)c2nc(C(=O)N3CCCCC3)c3ccccn23)cc1C. The lowest BCUT2D eigenvalue weighted by Crippen LogP contribution is -2.36. The molecule has 1 N–H and O–H groups in total.